The molecule has 0 bridgehead atoms. The van der Waals surface area contributed by atoms with Gasteiger partial charge in [0.2, 0.25) is 0 Å². The van der Waals surface area contributed by atoms with E-state index in [4.69, 9.17) is 4.74 Å². The van der Waals surface area contributed by atoms with Crippen LogP contribution in [0.25, 0.3) is 5.65 Å². The lowest BCUT2D eigenvalue weighted by molar-refractivity contribution is 0.0927. The highest BCUT2D eigenvalue weighted by Crippen LogP contribution is 2.18. The van der Waals surface area contributed by atoms with Crippen LogP contribution in [0.4, 0.5) is 0 Å². The third kappa shape index (κ3) is 5.97. The summed E-state index contributed by atoms with van der Waals surface area (Å²) < 4.78 is 7.74. The molecule has 0 aliphatic rings. The number of ether oxygens (including phenoxy) is 1. The van der Waals surface area contributed by atoms with E-state index in [1.165, 1.54) is 10.4 Å². The normalized spacial score (nSPS) is 12.3. The molecular weight excluding hydrogens is 434 g/mol. The summed E-state index contributed by atoms with van der Waals surface area (Å²) in [5, 5.41) is 9.39. The van der Waals surface area contributed by atoms with Crippen molar-refractivity contribution in [3.05, 3.63) is 81.4 Å². The molecule has 0 radical (unpaired) electrons. The van der Waals surface area contributed by atoms with Crippen LogP contribution in [-0.4, -0.2) is 45.1 Å². The van der Waals surface area contributed by atoms with Crippen molar-refractivity contribution in [3.63, 3.8) is 0 Å². The molecule has 172 valence electrons. The lowest BCUT2D eigenvalue weighted by Crippen LogP contribution is -2.33. The second-order valence-corrected chi connectivity index (χ2v) is 9.41. The van der Waals surface area contributed by atoms with Crippen molar-refractivity contribution in [1.29, 1.82) is 0 Å². The summed E-state index contributed by atoms with van der Waals surface area (Å²) in [4.78, 5) is 20.7. The Morgan fingerprint density at radius 2 is 2.03 bits per heavy atom. The quantitative estimate of drug-likeness (QED) is 0.402. The first-order valence-corrected chi connectivity index (χ1v) is 11.8. The van der Waals surface area contributed by atoms with E-state index in [1.54, 1.807) is 21.9 Å². The molecule has 0 aliphatic carbocycles. The van der Waals surface area contributed by atoms with Crippen LogP contribution < -0.4 is 10.1 Å². The van der Waals surface area contributed by atoms with Crippen LogP contribution in [-0.2, 0) is 13.1 Å². The smallest absolute Gasteiger partial charge is 0.272 e. The van der Waals surface area contributed by atoms with Gasteiger partial charge in [0, 0.05) is 35.4 Å². The van der Waals surface area contributed by atoms with Crippen molar-refractivity contribution in [1.82, 2.24) is 24.8 Å². The van der Waals surface area contributed by atoms with Crippen molar-refractivity contribution < 1.29 is 9.53 Å². The van der Waals surface area contributed by atoms with Gasteiger partial charge in [-0.25, -0.2) is 9.50 Å². The second kappa shape index (κ2) is 10.1. The summed E-state index contributed by atoms with van der Waals surface area (Å²) in [5.41, 5.74) is 4.04. The molecule has 0 saturated heterocycles. The van der Waals surface area contributed by atoms with Crippen molar-refractivity contribution in [2.75, 3.05) is 13.6 Å². The van der Waals surface area contributed by atoms with Gasteiger partial charge in [-0.15, -0.1) is 11.3 Å². The summed E-state index contributed by atoms with van der Waals surface area (Å²) in [5.74, 6) is 0.554. The van der Waals surface area contributed by atoms with Crippen LogP contribution in [0.1, 0.15) is 39.2 Å². The molecule has 1 aromatic carbocycles. The highest BCUT2D eigenvalue weighted by atomic mass is 32.1. The Morgan fingerprint density at radius 3 is 2.82 bits per heavy atom. The summed E-state index contributed by atoms with van der Waals surface area (Å²) in [7, 11) is 2.11. The number of aromatic nitrogens is 3. The molecule has 1 amide bonds. The van der Waals surface area contributed by atoms with E-state index in [9.17, 15) is 4.79 Å². The lowest BCUT2D eigenvalue weighted by Gasteiger charge is -2.18. The average molecular weight is 464 g/mol. The third-order valence-corrected chi connectivity index (χ3v) is 6.07. The van der Waals surface area contributed by atoms with E-state index in [-0.39, 0.29) is 12.0 Å². The highest BCUT2D eigenvalue weighted by molar-refractivity contribution is 7.09. The molecule has 3 aromatic heterocycles. The predicted molar refractivity (Wildman–Crippen MR) is 131 cm³/mol. The van der Waals surface area contributed by atoms with Crippen LogP contribution >= 0.6 is 11.3 Å². The number of carbonyl (C=O) groups excluding carboxylic acids is 1. The van der Waals surface area contributed by atoms with Gasteiger partial charge in [-0.05, 0) is 63.0 Å². The number of fused-ring (bicyclic) bond motifs is 1. The van der Waals surface area contributed by atoms with Crippen molar-refractivity contribution in [2.45, 2.75) is 40.0 Å². The second-order valence-electron chi connectivity index (χ2n) is 8.38. The Balaban J connectivity index is 1.30. The minimum atomic E-state index is -0.239. The van der Waals surface area contributed by atoms with Gasteiger partial charge in [-0.1, -0.05) is 18.2 Å². The van der Waals surface area contributed by atoms with Crippen molar-refractivity contribution in [2.24, 2.45) is 0 Å². The zero-order chi connectivity index (χ0) is 23.4. The Kier molecular flexibility index (Phi) is 7.05. The molecule has 0 unspecified atom stereocenters. The molecule has 33 heavy (non-hydrogen) atoms. The molecule has 4 aromatic rings. The largest absolute Gasteiger partial charge is 0.489 e. The minimum Gasteiger partial charge on any atom is -0.489 e. The van der Waals surface area contributed by atoms with E-state index < -0.39 is 0 Å². The lowest BCUT2D eigenvalue weighted by atomic mass is 10.2. The fraction of sp³-hybridized carbons (Fsp3) is 0.320. The van der Waals surface area contributed by atoms with Crippen LogP contribution in [0, 0.1) is 13.8 Å². The fourth-order valence-corrected chi connectivity index (χ4v) is 4.54. The molecular formula is C25H29N5O2S. The molecule has 1 N–H and O–H groups in total. The monoisotopic (exact) mass is 463 g/mol. The molecule has 0 spiro atoms. The van der Waals surface area contributed by atoms with E-state index in [2.05, 4.69) is 57.0 Å². The standard InChI is InChI=1S/C25H29N5O2S/c1-17-11-18(2)30-24(27-17)13-23(28-30)25(31)26-14-19(3)32-21-8-5-7-20(12-21)15-29(4)16-22-9-6-10-33-22/h5-13,19H,14-16H2,1-4H3,(H,26,31)/t19-/m1/s1. The van der Waals surface area contributed by atoms with Gasteiger partial charge in [-0.2, -0.15) is 5.10 Å². The molecule has 0 aliphatic heterocycles. The number of carbonyl (C=O) groups is 1. The number of benzene rings is 1. The summed E-state index contributed by atoms with van der Waals surface area (Å²) >= 11 is 1.77. The van der Waals surface area contributed by atoms with Crippen LogP contribution in [0.3, 0.4) is 0 Å². The molecule has 4 rings (SSSR count). The van der Waals surface area contributed by atoms with Crippen LogP contribution in [0.5, 0.6) is 5.75 Å². The SMILES string of the molecule is Cc1cc(C)n2nc(C(=O)NC[C@@H](C)Oc3cccc(CN(C)Cc4cccs4)c3)cc2n1. The van der Waals surface area contributed by atoms with E-state index >= 15 is 0 Å². The van der Waals surface area contributed by atoms with E-state index in [0.29, 0.717) is 17.9 Å². The predicted octanol–water partition coefficient (Wildman–Crippen LogP) is 4.24. The zero-order valence-electron chi connectivity index (χ0n) is 19.4. The van der Waals surface area contributed by atoms with Gasteiger partial charge < -0.3 is 10.1 Å². The van der Waals surface area contributed by atoms with Crippen molar-refractivity contribution in [3.8, 4) is 5.75 Å². The van der Waals surface area contributed by atoms with Gasteiger partial charge >= 0.3 is 0 Å². The number of thiophene rings is 1. The number of rotatable bonds is 9. The Hall–Kier alpha value is -3.23. The van der Waals surface area contributed by atoms with E-state index in [1.807, 2.05) is 39.0 Å². The van der Waals surface area contributed by atoms with Crippen LogP contribution in [0.2, 0.25) is 0 Å². The first-order valence-electron chi connectivity index (χ1n) is 11.0. The molecule has 1 atom stereocenters. The Bertz CT molecular complexity index is 1240. The van der Waals surface area contributed by atoms with E-state index in [0.717, 1.165) is 30.2 Å². The molecule has 8 heteroatoms. The number of hydrogen-bond donors (Lipinski definition) is 1. The maximum Gasteiger partial charge on any atom is 0.272 e. The summed E-state index contributed by atoms with van der Waals surface area (Å²) in [6.07, 6.45) is -0.188. The topological polar surface area (TPSA) is 71.8 Å². The van der Waals surface area contributed by atoms with Crippen molar-refractivity contribution >= 4 is 22.9 Å². The zero-order valence-corrected chi connectivity index (χ0v) is 20.2. The first kappa shape index (κ1) is 22.9. The highest BCUT2D eigenvalue weighted by Gasteiger charge is 2.15. The number of amides is 1. The Labute approximate surface area is 198 Å². The maximum absolute atomic E-state index is 12.6. The number of aryl methyl sites for hydroxylation is 2. The average Bonchev–Trinajstić information content (AvgIpc) is 3.42. The fourth-order valence-electron chi connectivity index (χ4n) is 3.75. The molecule has 3 heterocycles. The summed E-state index contributed by atoms with van der Waals surface area (Å²) in [6, 6.07) is 16.0. The first-order chi connectivity index (χ1) is 15.9. The van der Waals surface area contributed by atoms with Gasteiger partial charge in [0.05, 0.1) is 6.54 Å². The van der Waals surface area contributed by atoms with Gasteiger partial charge in [0.1, 0.15) is 11.9 Å². The van der Waals surface area contributed by atoms with Gasteiger partial charge in [-0.3, -0.25) is 9.69 Å². The molecule has 0 saturated carbocycles. The Morgan fingerprint density at radius 1 is 1.18 bits per heavy atom. The minimum absolute atomic E-state index is 0.188. The molecule has 0 fully saturated rings. The third-order valence-electron chi connectivity index (χ3n) is 5.21. The molecule has 7 nitrogen and oxygen atoms in total. The van der Waals surface area contributed by atoms with Gasteiger partial charge in [0.25, 0.3) is 5.91 Å². The maximum atomic E-state index is 12.6. The summed E-state index contributed by atoms with van der Waals surface area (Å²) in [6.45, 7) is 7.94. The number of hydrogen-bond acceptors (Lipinski definition) is 6. The van der Waals surface area contributed by atoms with Crippen LogP contribution in [0.15, 0.2) is 53.9 Å². The number of nitrogens with zero attached hydrogens (tertiary/aromatic N) is 4. The number of nitrogens with one attached hydrogen (secondary N) is 1. The van der Waals surface area contributed by atoms with Gasteiger partial charge in [0.15, 0.2) is 11.3 Å².